The number of amides is 1. The molecule has 1 unspecified atom stereocenters. The van der Waals surface area contributed by atoms with Crippen molar-refractivity contribution in [2.75, 3.05) is 30.4 Å². The summed E-state index contributed by atoms with van der Waals surface area (Å²) >= 11 is 0. The highest BCUT2D eigenvalue weighted by atomic mass is 16.5. The lowest BCUT2D eigenvalue weighted by molar-refractivity contribution is -0.122. The predicted molar refractivity (Wildman–Crippen MR) is 80.0 cm³/mol. The number of hydrogen-bond acceptors (Lipinski definition) is 3. The molecule has 2 aliphatic rings. The Bertz CT molecular complexity index is 468. The molecule has 1 aliphatic heterocycles. The van der Waals surface area contributed by atoms with Gasteiger partial charge in [0.15, 0.2) is 0 Å². The third kappa shape index (κ3) is 2.80. The number of methoxy groups -OCH3 is 1. The molecule has 0 bridgehead atoms. The van der Waals surface area contributed by atoms with Gasteiger partial charge < -0.3 is 15.0 Å². The van der Waals surface area contributed by atoms with E-state index in [2.05, 4.69) is 22.3 Å². The molecule has 1 heterocycles. The number of benzene rings is 1. The number of anilines is 2. The Hall–Kier alpha value is -1.55. The van der Waals surface area contributed by atoms with Gasteiger partial charge in [-0.1, -0.05) is 6.42 Å². The number of nitrogens with zero attached hydrogens (tertiary/aromatic N) is 1. The highest BCUT2D eigenvalue weighted by molar-refractivity contribution is 5.93. The topological polar surface area (TPSA) is 41.6 Å². The van der Waals surface area contributed by atoms with Crippen molar-refractivity contribution in [1.29, 1.82) is 0 Å². The van der Waals surface area contributed by atoms with Crippen LogP contribution in [-0.4, -0.2) is 32.2 Å². The second-order valence-electron chi connectivity index (χ2n) is 5.76. The van der Waals surface area contributed by atoms with E-state index in [1.54, 1.807) is 7.11 Å². The Balaban J connectivity index is 1.58. The zero-order chi connectivity index (χ0) is 13.9. The van der Waals surface area contributed by atoms with Gasteiger partial charge in [-0.05, 0) is 43.5 Å². The molecule has 108 valence electrons. The van der Waals surface area contributed by atoms with Gasteiger partial charge in [0.1, 0.15) is 0 Å². The molecular weight excluding hydrogens is 252 g/mol. The van der Waals surface area contributed by atoms with Crippen molar-refractivity contribution < 1.29 is 9.53 Å². The van der Waals surface area contributed by atoms with Gasteiger partial charge in [0.25, 0.3) is 0 Å². The van der Waals surface area contributed by atoms with E-state index in [-0.39, 0.29) is 11.8 Å². The van der Waals surface area contributed by atoms with Gasteiger partial charge in [-0.25, -0.2) is 0 Å². The molecule has 0 aromatic heterocycles. The fourth-order valence-corrected chi connectivity index (χ4v) is 2.83. The zero-order valence-electron chi connectivity index (χ0n) is 12.0. The van der Waals surface area contributed by atoms with Gasteiger partial charge >= 0.3 is 0 Å². The smallest absolute Gasteiger partial charge is 0.227 e. The van der Waals surface area contributed by atoms with Crippen LogP contribution < -0.4 is 10.2 Å². The minimum absolute atomic E-state index is 0.171. The van der Waals surface area contributed by atoms with E-state index in [0.717, 1.165) is 38.0 Å². The van der Waals surface area contributed by atoms with Crippen molar-refractivity contribution in [3.8, 4) is 0 Å². The molecule has 1 amide bonds. The fraction of sp³-hybridized carbons (Fsp3) is 0.562. The maximum Gasteiger partial charge on any atom is 0.227 e. The number of carbonyl (C=O) groups excluding carboxylic acids is 1. The highest BCUT2D eigenvalue weighted by Gasteiger charge is 2.25. The second kappa shape index (κ2) is 5.83. The molecule has 1 saturated heterocycles. The van der Waals surface area contributed by atoms with Crippen LogP contribution in [0.5, 0.6) is 0 Å². The summed E-state index contributed by atoms with van der Waals surface area (Å²) in [5, 5.41) is 3.00. The Kier molecular flexibility index (Phi) is 3.92. The van der Waals surface area contributed by atoms with Gasteiger partial charge in [-0.15, -0.1) is 0 Å². The first-order valence-electron chi connectivity index (χ1n) is 7.45. The highest BCUT2D eigenvalue weighted by Crippen LogP contribution is 2.28. The minimum Gasteiger partial charge on any atom is -0.380 e. The third-order valence-corrected chi connectivity index (χ3v) is 4.45. The van der Waals surface area contributed by atoms with Crippen molar-refractivity contribution in [2.24, 2.45) is 5.92 Å². The van der Waals surface area contributed by atoms with Gasteiger partial charge in [-0.2, -0.15) is 0 Å². The molecule has 1 aromatic carbocycles. The number of hydrogen-bond donors (Lipinski definition) is 1. The van der Waals surface area contributed by atoms with Crippen molar-refractivity contribution >= 4 is 17.3 Å². The van der Waals surface area contributed by atoms with Gasteiger partial charge in [0.05, 0.1) is 6.10 Å². The molecule has 1 aliphatic carbocycles. The van der Waals surface area contributed by atoms with Crippen molar-refractivity contribution in [1.82, 2.24) is 0 Å². The number of ether oxygens (including phenoxy) is 1. The zero-order valence-corrected chi connectivity index (χ0v) is 12.0. The summed E-state index contributed by atoms with van der Waals surface area (Å²) in [5.41, 5.74) is 2.10. The Morgan fingerprint density at radius 1 is 1.25 bits per heavy atom. The minimum atomic E-state index is 0.171. The van der Waals surface area contributed by atoms with E-state index in [4.69, 9.17) is 4.74 Å². The van der Waals surface area contributed by atoms with Crippen LogP contribution in [0.15, 0.2) is 24.3 Å². The molecule has 4 heteroatoms. The summed E-state index contributed by atoms with van der Waals surface area (Å²) in [6.45, 7) is 1.98. The lowest BCUT2D eigenvalue weighted by Gasteiger charge is -2.24. The molecular formula is C16H22N2O2. The first-order chi connectivity index (χ1) is 9.76. The van der Waals surface area contributed by atoms with Crippen LogP contribution in [0.2, 0.25) is 0 Å². The van der Waals surface area contributed by atoms with Crippen LogP contribution >= 0.6 is 0 Å². The Morgan fingerprint density at radius 2 is 2.00 bits per heavy atom. The largest absolute Gasteiger partial charge is 0.380 e. The van der Waals surface area contributed by atoms with E-state index >= 15 is 0 Å². The number of nitrogens with one attached hydrogen (secondary N) is 1. The van der Waals surface area contributed by atoms with Crippen LogP contribution in [0.3, 0.4) is 0 Å². The number of carbonyl (C=O) groups is 1. The van der Waals surface area contributed by atoms with E-state index < -0.39 is 0 Å². The molecule has 3 rings (SSSR count). The fourth-order valence-electron chi connectivity index (χ4n) is 2.83. The van der Waals surface area contributed by atoms with E-state index in [1.807, 2.05) is 12.1 Å². The summed E-state index contributed by atoms with van der Waals surface area (Å²) in [4.78, 5) is 14.2. The molecule has 1 atom stereocenters. The van der Waals surface area contributed by atoms with E-state index in [9.17, 15) is 4.79 Å². The summed E-state index contributed by atoms with van der Waals surface area (Å²) in [6.07, 6.45) is 4.68. The van der Waals surface area contributed by atoms with E-state index in [1.165, 1.54) is 12.1 Å². The standard InChI is InChI=1S/C16H22N2O2/c1-20-15-9-10-18(11-15)14-7-5-13(6-8-14)17-16(19)12-3-2-4-12/h5-8,12,15H,2-4,9-11H2,1H3,(H,17,19). The maximum atomic E-state index is 11.9. The van der Waals surface area contributed by atoms with Gasteiger partial charge in [0, 0.05) is 37.5 Å². The SMILES string of the molecule is COC1CCN(c2ccc(NC(=O)C3CCC3)cc2)C1. The second-order valence-corrected chi connectivity index (χ2v) is 5.76. The van der Waals surface area contributed by atoms with Crippen molar-refractivity contribution in [3.05, 3.63) is 24.3 Å². The molecule has 1 N–H and O–H groups in total. The van der Waals surface area contributed by atoms with Crippen molar-refractivity contribution in [2.45, 2.75) is 31.8 Å². The molecule has 1 saturated carbocycles. The summed E-state index contributed by atoms with van der Waals surface area (Å²) < 4.78 is 5.39. The average Bonchev–Trinajstić information content (AvgIpc) is 2.86. The number of rotatable bonds is 4. The first kappa shape index (κ1) is 13.4. The quantitative estimate of drug-likeness (QED) is 0.917. The lowest BCUT2D eigenvalue weighted by atomic mass is 9.85. The summed E-state index contributed by atoms with van der Waals surface area (Å²) in [7, 11) is 1.77. The average molecular weight is 274 g/mol. The molecule has 20 heavy (non-hydrogen) atoms. The first-order valence-corrected chi connectivity index (χ1v) is 7.45. The third-order valence-electron chi connectivity index (χ3n) is 4.45. The molecule has 0 radical (unpaired) electrons. The normalized spacial score (nSPS) is 22.6. The van der Waals surface area contributed by atoms with Gasteiger partial charge in [-0.3, -0.25) is 4.79 Å². The Labute approximate surface area is 120 Å². The lowest BCUT2D eigenvalue weighted by Crippen LogP contribution is -2.28. The van der Waals surface area contributed by atoms with Crippen LogP contribution in [-0.2, 0) is 9.53 Å². The summed E-state index contributed by atoms with van der Waals surface area (Å²) in [6, 6.07) is 8.14. The maximum absolute atomic E-state index is 11.9. The Morgan fingerprint density at radius 3 is 2.55 bits per heavy atom. The molecule has 0 spiro atoms. The van der Waals surface area contributed by atoms with Gasteiger partial charge in [0.2, 0.25) is 5.91 Å². The van der Waals surface area contributed by atoms with Crippen LogP contribution in [0.25, 0.3) is 0 Å². The van der Waals surface area contributed by atoms with Crippen LogP contribution in [0, 0.1) is 5.92 Å². The molecule has 4 nitrogen and oxygen atoms in total. The predicted octanol–water partition coefficient (Wildman–Crippen LogP) is 2.65. The summed E-state index contributed by atoms with van der Waals surface area (Å²) in [5.74, 6) is 0.403. The van der Waals surface area contributed by atoms with Crippen molar-refractivity contribution in [3.63, 3.8) is 0 Å². The van der Waals surface area contributed by atoms with Crippen LogP contribution in [0.1, 0.15) is 25.7 Å². The van der Waals surface area contributed by atoms with E-state index in [0.29, 0.717) is 6.10 Å². The monoisotopic (exact) mass is 274 g/mol. The molecule has 1 aromatic rings. The molecule has 2 fully saturated rings. The van der Waals surface area contributed by atoms with Crippen LogP contribution in [0.4, 0.5) is 11.4 Å².